The number of hydrogen-bond acceptors (Lipinski definition) is 3. The van der Waals surface area contributed by atoms with E-state index >= 15 is 0 Å². The number of fused-ring (bicyclic) bond motifs is 1. The minimum Gasteiger partial charge on any atom is -0.345 e. The largest absolute Gasteiger partial charge is 0.345 e. The normalized spacial score (nSPS) is 10.8. The molecule has 0 aliphatic rings. The third-order valence-corrected chi connectivity index (χ3v) is 5.27. The number of anilines is 1. The molecule has 0 saturated carbocycles. The number of rotatable bonds is 6. The van der Waals surface area contributed by atoms with Gasteiger partial charge in [0.15, 0.2) is 0 Å². The number of para-hydroxylation sites is 2. The first-order valence-electron chi connectivity index (χ1n) is 9.53. The van der Waals surface area contributed by atoms with E-state index in [1.807, 2.05) is 24.3 Å². The van der Waals surface area contributed by atoms with E-state index in [0.29, 0.717) is 27.1 Å². The summed E-state index contributed by atoms with van der Waals surface area (Å²) in [5, 5.41) is 6.64. The van der Waals surface area contributed by atoms with Crippen LogP contribution in [0.15, 0.2) is 72.8 Å². The van der Waals surface area contributed by atoms with Gasteiger partial charge in [0.2, 0.25) is 5.91 Å². The summed E-state index contributed by atoms with van der Waals surface area (Å²) in [4.78, 5) is 29.8. The fraction of sp³-hybridized carbons (Fsp3) is 0.0870. The molecule has 1 aromatic heterocycles. The van der Waals surface area contributed by atoms with Gasteiger partial charge in [-0.15, -0.1) is 0 Å². The second kappa shape index (κ2) is 9.20. The molecular formula is C23H18Cl2N4O2. The Balaban J connectivity index is 1.54. The standard InChI is InChI=1S/C23H18Cl2N4O2/c24-15-9-11-16(12-10-15)27-22(30)14-29-20-8-4-3-7-19(20)28-21(29)13-26-23(31)17-5-1-2-6-18(17)25/h1-12H,13-14H2,(H,26,31)(H,27,30). The lowest BCUT2D eigenvalue weighted by Crippen LogP contribution is -2.26. The van der Waals surface area contributed by atoms with E-state index in [-0.39, 0.29) is 24.9 Å². The Labute approximate surface area is 188 Å². The molecule has 4 rings (SSSR count). The number of hydrogen-bond donors (Lipinski definition) is 2. The molecule has 0 radical (unpaired) electrons. The molecule has 2 amide bonds. The maximum Gasteiger partial charge on any atom is 0.253 e. The Bertz CT molecular complexity index is 1250. The number of aromatic nitrogens is 2. The van der Waals surface area contributed by atoms with Crippen molar-refractivity contribution in [2.75, 3.05) is 5.32 Å². The number of amides is 2. The number of halogens is 2. The summed E-state index contributed by atoms with van der Waals surface area (Å²) < 4.78 is 1.79. The maximum atomic E-state index is 12.7. The lowest BCUT2D eigenvalue weighted by Gasteiger charge is -2.11. The minimum atomic E-state index is -0.310. The molecule has 8 heteroatoms. The Kier molecular flexibility index (Phi) is 6.21. The van der Waals surface area contributed by atoms with E-state index in [1.165, 1.54) is 0 Å². The number of carbonyl (C=O) groups is 2. The summed E-state index contributed by atoms with van der Waals surface area (Å²) in [7, 11) is 0. The van der Waals surface area contributed by atoms with Crippen LogP contribution in [-0.4, -0.2) is 21.4 Å². The van der Waals surface area contributed by atoms with Gasteiger partial charge in [-0.25, -0.2) is 4.98 Å². The zero-order valence-corrected chi connectivity index (χ0v) is 17.8. The fourth-order valence-electron chi connectivity index (χ4n) is 3.21. The molecule has 6 nitrogen and oxygen atoms in total. The van der Waals surface area contributed by atoms with Gasteiger partial charge in [0.25, 0.3) is 5.91 Å². The molecule has 1 heterocycles. The van der Waals surface area contributed by atoms with Crippen molar-refractivity contribution in [2.45, 2.75) is 13.1 Å². The zero-order valence-electron chi connectivity index (χ0n) is 16.3. The number of nitrogens with zero attached hydrogens (tertiary/aromatic N) is 2. The monoisotopic (exact) mass is 452 g/mol. The van der Waals surface area contributed by atoms with Gasteiger partial charge in [-0.05, 0) is 48.5 Å². The van der Waals surface area contributed by atoms with Crippen LogP contribution in [0.4, 0.5) is 5.69 Å². The molecule has 0 aliphatic heterocycles. The molecule has 0 atom stereocenters. The van der Waals surface area contributed by atoms with Gasteiger partial charge in [-0.2, -0.15) is 0 Å². The molecule has 4 aromatic rings. The van der Waals surface area contributed by atoms with Gasteiger partial charge in [0, 0.05) is 10.7 Å². The summed E-state index contributed by atoms with van der Waals surface area (Å²) in [6.45, 7) is 0.188. The molecule has 0 saturated heterocycles. The third-order valence-electron chi connectivity index (χ3n) is 4.69. The van der Waals surface area contributed by atoms with Crippen molar-refractivity contribution in [2.24, 2.45) is 0 Å². The number of benzene rings is 3. The van der Waals surface area contributed by atoms with Crippen molar-refractivity contribution in [3.8, 4) is 0 Å². The Morgan fingerprint density at radius 1 is 0.903 bits per heavy atom. The van der Waals surface area contributed by atoms with Crippen LogP contribution in [0.5, 0.6) is 0 Å². The first-order valence-corrected chi connectivity index (χ1v) is 10.3. The van der Waals surface area contributed by atoms with Crippen LogP contribution >= 0.6 is 23.2 Å². The van der Waals surface area contributed by atoms with Crippen LogP contribution < -0.4 is 10.6 Å². The minimum absolute atomic E-state index is 0.0421. The molecule has 0 unspecified atom stereocenters. The topological polar surface area (TPSA) is 76.0 Å². The highest BCUT2D eigenvalue weighted by molar-refractivity contribution is 6.33. The van der Waals surface area contributed by atoms with Gasteiger partial charge < -0.3 is 15.2 Å². The Morgan fingerprint density at radius 2 is 1.61 bits per heavy atom. The van der Waals surface area contributed by atoms with E-state index < -0.39 is 0 Å². The second-order valence-corrected chi connectivity index (χ2v) is 7.66. The smallest absolute Gasteiger partial charge is 0.253 e. The molecular weight excluding hydrogens is 435 g/mol. The van der Waals surface area contributed by atoms with Crippen molar-refractivity contribution in [1.82, 2.24) is 14.9 Å². The maximum absolute atomic E-state index is 12.7. The summed E-state index contributed by atoms with van der Waals surface area (Å²) >= 11 is 12.0. The van der Waals surface area contributed by atoms with Crippen LogP contribution in [0.25, 0.3) is 11.0 Å². The average Bonchev–Trinajstić information content (AvgIpc) is 3.11. The fourth-order valence-corrected chi connectivity index (χ4v) is 3.56. The lowest BCUT2D eigenvalue weighted by atomic mass is 10.2. The summed E-state index contributed by atoms with van der Waals surface area (Å²) in [6, 6.07) is 21.2. The summed E-state index contributed by atoms with van der Waals surface area (Å²) in [5.74, 6) is 0.0341. The number of nitrogens with one attached hydrogen (secondary N) is 2. The van der Waals surface area contributed by atoms with Gasteiger partial charge in [0.1, 0.15) is 12.4 Å². The average molecular weight is 453 g/mol. The van der Waals surface area contributed by atoms with Gasteiger partial charge in [-0.3, -0.25) is 9.59 Å². The molecule has 0 bridgehead atoms. The number of imidazole rings is 1. The van der Waals surface area contributed by atoms with E-state index in [2.05, 4.69) is 15.6 Å². The highest BCUT2D eigenvalue weighted by Crippen LogP contribution is 2.19. The van der Waals surface area contributed by atoms with Crippen molar-refractivity contribution >= 4 is 51.7 Å². The van der Waals surface area contributed by atoms with Crippen LogP contribution in [0, 0.1) is 0 Å². The highest BCUT2D eigenvalue weighted by atomic mass is 35.5. The lowest BCUT2D eigenvalue weighted by molar-refractivity contribution is -0.116. The van der Waals surface area contributed by atoms with Gasteiger partial charge in [0.05, 0.1) is 28.2 Å². The predicted molar refractivity (Wildman–Crippen MR) is 122 cm³/mol. The van der Waals surface area contributed by atoms with Gasteiger partial charge >= 0.3 is 0 Å². The van der Waals surface area contributed by atoms with Crippen molar-refractivity contribution in [3.63, 3.8) is 0 Å². The first-order chi connectivity index (χ1) is 15.0. The molecule has 2 N–H and O–H groups in total. The van der Waals surface area contributed by atoms with E-state index in [4.69, 9.17) is 23.2 Å². The summed E-state index contributed by atoms with van der Waals surface area (Å²) in [6.07, 6.45) is 0. The van der Waals surface area contributed by atoms with Crippen LogP contribution in [-0.2, 0) is 17.9 Å². The van der Waals surface area contributed by atoms with E-state index in [1.54, 1.807) is 53.1 Å². The molecule has 31 heavy (non-hydrogen) atoms. The molecule has 0 fully saturated rings. The second-order valence-electron chi connectivity index (χ2n) is 6.82. The summed E-state index contributed by atoms with van der Waals surface area (Å²) in [5.41, 5.74) is 2.57. The quantitative estimate of drug-likeness (QED) is 0.436. The highest BCUT2D eigenvalue weighted by Gasteiger charge is 2.16. The van der Waals surface area contributed by atoms with Crippen LogP contribution in [0.2, 0.25) is 10.0 Å². The third kappa shape index (κ3) is 4.87. The van der Waals surface area contributed by atoms with Gasteiger partial charge in [-0.1, -0.05) is 47.5 Å². The molecule has 0 spiro atoms. The van der Waals surface area contributed by atoms with Crippen molar-refractivity contribution in [3.05, 3.63) is 94.2 Å². The van der Waals surface area contributed by atoms with Crippen molar-refractivity contribution in [1.29, 1.82) is 0 Å². The zero-order chi connectivity index (χ0) is 21.8. The SMILES string of the molecule is O=C(Cn1c(CNC(=O)c2ccccc2Cl)nc2ccccc21)Nc1ccc(Cl)cc1. The van der Waals surface area contributed by atoms with E-state index in [9.17, 15) is 9.59 Å². The predicted octanol–water partition coefficient (Wildman–Crippen LogP) is 4.91. The van der Waals surface area contributed by atoms with E-state index in [0.717, 1.165) is 11.0 Å². The Hall–Kier alpha value is -3.35. The number of carbonyl (C=O) groups excluding carboxylic acids is 2. The molecule has 0 aliphatic carbocycles. The Morgan fingerprint density at radius 3 is 2.39 bits per heavy atom. The van der Waals surface area contributed by atoms with Crippen molar-refractivity contribution < 1.29 is 9.59 Å². The van der Waals surface area contributed by atoms with Crippen LogP contribution in [0.3, 0.4) is 0 Å². The molecule has 156 valence electrons. The first kappa shape index (κ1) is 20.9. The van der Waals surface area contributed by atoms with Crippen LogP contribution in [0.1, 0.15) is 16.2 Å². The molecule has 3 aromatic carbocycles.